The second-order valence-electron chi connectivity index (χ2n) is 4.72. The highest BCUT2D eigenvalue weighted by atomic mass is 35.5. The zero-order chi connectivity index (χ0) is 13.2. The molecule has 1 aromatic rings. The van der Waals surface area contributed by atoms with Gasteiger partial charge in [0.15, 0.2) is 5.78 Å². The number of benzene rings is 1. The van der Waals surface area contributed by atoms with Crippen molar-refractivity contribution in [2.75, 3.05) is 5.88 Å². The molecule has 0 saturated carbocycles. The molecule has 1 rings (SSSR count). The summed E-state index contributed by atoms with van der Waals surface area (Å²) in [6.07, 6.45) is 7.57. The maximum atomic E-state index is 11.8. The molecule has 1 nitrogen and oxygen atoms in total. The van der Waals surface area contributed by atoms with Crippen LogP contribution in [0.1, 0.15) is 61.4 Å². The van der Waals surface area contributed by atoms with Gasteiger partial charge < -0.3 is 0 Å². The molecule has 0 bridgehead atoms. The molecule has 0 unspecified atom stereocenters. The number of carbonyl (C=O) groups is 1. The molecule has 0 saturated heterocycles. The number of hydrogen-bond acceptors (Lipinski definition) is 1. The van der Waals surface area contributed by atoms with Gasteiger partial charge in [-0.3, -0.25) is 4.79 Å². The summed E-state index contributed by atoms with van der Waals surface area (Å²) in [6.45, 7) is 2.22. The number of hydrogen-bond donors (Lipinski definition) is 0. The molecule has 0 radical (unpaired) electrons. The van der Waals surface area contributed by atoms with Crippen LogP contribution >= 0.6 is 11.6 Å². The summed E-state index contributed by atoms with van der Waals surface area (Å²) in [4.78, 5) is 11.8. The molecular formula is C16H23ClO. The first-order chi connectivity index (χ1) is 8.77. The van der Waals surface area contributed by atoms with Crippen molar-refractivity contribution in [2.45, 2.75) is 51.9 Å². The lowest BCUT2D eigenvalue weighted by Crippen LogP contribution is -1.99. The Kier molecular flexibility index (Phi) is 7.75. The number of unbranched alkanes of at least 4 members (excludes halogenated alkanes) is 3. The zero-order valence-corrected chi connectivity index (χ0v) is 12.0. The van der Waals surface area contributed by atoms with Gasteiger partial charge >= 0.3 is 0 Å². The quantitative estimate of drug-likeness (QED) is 0.349. The molecular weight excluding hydrogens is 244 g/mol. The first-order valence-corrected chi connectivity index (χ1v) is 7.49. The Balaban J connectivity index is 2.39. The van der Waals surface area contributed by atoms with Crippen LogP contribution in [0.5, 0.6) is 0 Å². The van der Waals surface area contributed by atoms with Gasteiger partial charge in [0, 0.05) is 17.9 Å². The largest absolute Gasteiger partial charge is 0.294 e. The molecule has 0 atom stereocenters. The fourth-order valence-electron chi connectivity index (χ4n) is 1.98. The van der Waals surface area contributed by atoms with Crippen LogP contribution in [-0.4, -0.2) is 11.7 Å². The molecule has 0 N–H and O–H groups in total. The van der Waals surface area contributed by atoms with E-state index in [1.807, 2.05) is 12.1 Å². The molecule has 0 aromatic heterocycles. The van der Waals surface area contributed by atoms with E-state index in [-0.39, 0.29) is 5.78 Å². The fourth-order valence-corrected chi connectivity index (χ4v) is 2.12. The molecule has 0 spiro atoms. The molecule has 0 fully saturated rings. The van der Waals surface area contributed by atoms with Crippen molar-refractivity contribution in [1.82, 2.24) is 0 Å². The Hall–Kier alpha value is -0.820. The van der Waals surface area contributed by atoms with Crippen LogP contribution in [0.3, 0.4) is 0 Å². The third kappa shape index (κ3) is 5.68. The van der Waals surface area contributed by atoms with Crippen molar-refractivity contribution < 1.29 is 4.79 Å². The molecule has 0 aliphatic carbocycles. The number of halogens is 1. The highest BCUT2D eigenvalue weighted by molar-refractivity contribution is 6.18. The number of Topliss-reactive ketones (excluding diaryl/α,β-unsaturated/α-hetero) is 1. The minimum Gasteiger partial charge on any atom is -0.294 e. The predicted octanol–water partition coefficient (Wildman–Crippen LogP) is 5.01. The molecule has 0 amide bonds. The third-order valence-corrected chi connectivity index (χ3v) is 3.40. The predicted molar refractivity (Wildman–Crippen MR) is 78.6 cm³/mol. The monoisotopic (exact) mass is 266 g/mol. The highest BCUT2D eigenvalue weighted by Gasteiger charge is 2.04. The van der Waals surface area contributed by atoms with E-state index in [0.29, 0.717) is 12.3 Å². The van der Waals surface area contributed by atoms with E-state index in [1.165, 1.54) is 31.2 Å². The van der Waals surface area contributed by atoms with Crippen molar-refractivity contribution in [3.8, 4) is 0 Å². The molecule has 0 aliphatic heterocycles. The summed E-state index contributed by atoms with van der Waals surface area (Å²) in [5.41, 5.74) is 2.15. The molecule has 0 aliphatic rings. The van der Waals surface area contributed by atoms with Crippen LogP contribution < -0.4 is 0 Å². The van der Waals surface area contributed by atoms with Crippen molar-refractivity contribution in [3.05, 3.63) is 35.4 Å². The number of rotatable bonds is 9. The molecule has 0 heterocycles. The van der Waals surface area contributed by atoms with Gasteiger partial charge in [0.2, 0.25) is 0 Å². The summed E-state index contributed by atoms with van der Waals surface area (Å²) in [7, 11) is 0. The minimum absolute atomic E-state index is 0.202. The van der Waals surface area contributed by atoms with E-state index in [4.69, 9.17) is 11.6 Å². The molecule has 18 heavy (non-hydrogen) atoms. The first kappa shape index (κ1) is 15.2. The SMILES string of the molecule is CCCCCCc1ccc(C(=O)CCCCl)cc1. The topological polar surface area (TPSA) is 17.1 Å². The second-order valence-corrected chi connectivity index (χ2v) is 5.10. The number of alkyl halides is 1. The number of aryl methyl sites for hydroxylation is 1. The Labute approximate surface area is 116 Å². The normalized spacial score (nSPS) is 10.6. The van der Waals surface area contributed by atoms with Gasteiger partial charge in [-0.2, -0.15) is 0 Å². The van der Waals surface area contributed by atoms with Crippen LogP contribution in [0.15, 0.2) is 24.3 Å². The van der Waals surface area contributed by atoms with E-state index < -0.39 is 0 Å². The van der Waals surface area contributed by atoms with Crippen molar-refractivity contribution in [2.24, 2.45) is 0 Å². The van der Waals surface area contributed by atoms with E-state index in [9.17, 15) is 4.79 Å². The Morgan fingerprint density at radius 1 is 1.06 bits per heavy atom. The van der Waals surface area contributed by atoms with Crippen LogP contribution in [-0.2, 0) is 6.42 Å². The van der Waals surface area contributed by atoms with Crippen LogP contribution in [0.25, 0.3) is 0 Å². The van der Waals surface area contributed by atoms with E-state index in [0.717, 1.165) is 18.4 Å². The highest BCUT2D eigenvalue weighted by Crippen LogP contribution is 2.11. The Bertz CT molecular complexity index is 343. The lowest BCUT2D eigenvalue weighted by atomic mass is 10.0. The van der Waals surface area contributed by atoms with Gasteiger partial charge in [-0.25, -0.2) is 0 Å². The van der Waals surface area contributed by atoms with Crippen molar-refractivity contribution in [1.29, 1.82) is 0 Å². The van der Waals surface area contributed by atoms with Gasteiger partial charge in [0.25, 0.3) is 0 Å². The second kappa shape index (κ2) is 9.16. The summed E-state index contributed by atoms with van der Waals surface area (Å²) in [5.74, 6) is 0.759. The molecule has 2 heteroatoms. The van der Waals surface area contributed by atoms with Crippen LogP contribution in [0.2, 0.25) is 0 Å². The zero-order valence-electron chi connectivity index (χ0n) is 11.3. The lowest BCUT2D eigenvalue weighted by molar-refractivity contribution is 0.0982. The molecule has 1 aromatic carbocycles. The first-order valence-electron chi connectivity index (χ1n) is 6.96. The summed E-state index contributed by atoms with van der Waals surface area (Å²) in [6, 6.07) is 8.07. The van der Waals surface area contributed by atoms with E-state index >= 15 is 0 Å². The number of ketones is 1. The maximum Gasteiger partial charge on any atom is 0.162 e. The van der Waals surface area contributed by atoms with Crippen molar-refractivity contribution in [3.63, 3.8) is 0 Å². The van der Waals surface area contributed by atoms with Gasteiger partial charge in [-0.15, -0.1) is 11.6 Å². The Morgan fingerprint density at radius 3 is 2.39 bits per heavy atom. The Morgan fingerprint density at radius 2 is 1.78 bits per heavy atom. The maximum absolute atomic E-state index is 11.8. The van der Waals surface area contributed by atoms with Crippen LogP contribution in [0.4, 0.5) is 0 Å². The summed E-state index contributed by atoms with van der Waals surface area (Å²) >= 11 is 5.59. The summed E-state index contributed by atoms with van der Waals surface area (Å²) in [5, 5.41) is 0. The van der Waals surface area contributed by atoms with Gasteiger partial charge in [-0.05, 0) is 24.8 Å². The summed E-state index contributed by atoms with van der Waals surface area (Å²) < 4.78 is 0. The fraction of sp³-hybridized carbons (Fsp3) is 0.562. The molecule has 100 valence electrons. The van der Waals surface area contributed by atoms with E-state index in [1.54, 1.807) is 0 Å². The third-order valence-electron chi connectivity index (χ3n) is 3.13. The smallest absolute Gasteiger partial charge is 0.162 e. The van der Waals surface area contributed by atoms with Crippen molar-refractivity contribution >= 4 is 17.4 Å². The van der Waals surface area contributed by atoms with Gasteiger partial charge in [-0.1, -0.05) is 50.5 Å². The van der Waals surface area contributed by atoms with Gasteiger partial charge in [0.1, 0.15) is 0 Å². The average molecular weight is 267 g/mol. The van der Waals surface area contributed by atoms with Crippen LogP contribution in [0, 0.1) is 0 Å². The number of carbonyl (C=O) groups excluding carboxylic acids is 1. The standard InChI is InChI=1S/C16H23ClO/c1-2-3-4-5-7-14-9-11-15(12-10-14)16(18)8-6-13-17/h9-12H,2-8,13H2,1H3. The lowest BCUT2D eigenvalue weighted by Gasteiger charge is -2.03. The van der Waals surface area contributed by atoms with Gasteiger partial charge in [0.05, 0.1) is 0 Å². The average Bonchev–Trinajstić information content (AvgIpc) is 2.41. The van der Waals surface area contributed by atoms with E-state index in [2.05, 4.69) is 19.1 Å². The minimum atomic E-state index is 0.202.